The summed E-state index contributed by atoms with van der Waals surface area (Å²) in [6.07, 6.45) is 3.41. The topological polar surface area (TPSA) is 123 Å². The van der Waals surface area contributed by atoms with Crippen molar-refractivity contribution in [2.24, 2.45) is 10.9 Å². The lowest BCUT2D eigenvalue weighted by Gasteiger charge is -2.13. The molecule has 0 aliphatic carbocycles. The number of hydrogen-bond acceptors (Lipinski definition) is 7. The Morgan fingerprint density at radius 1 is 1.27 bits per heavy atom. The van der Waals surface area contributed by atoms with Crippen molar-refractivity contribution in [1.82, 2.24) is 24.7 Å². The highest BCUT2D eigenvalue weighted by molar-refractivity contribution is 7.19. The van der Waals surface area contributed by atoms with Crippen LogP contribution in [-0.2, 0) is 6.54 Å². The van der Waals surface area contributed by atoms with E-state index < -0.39 is 18.2 Å². The number of aromatic nitrogens is 4. The molecule has 13 heteroatoms. The minimum Gasteiger partial charge on any atom is -0.348 e. The van der Waals surface area contributed by atoms with Crippen molar-refractivity contribution in [2.45, 2.75) is 19.9 Å². The zero-order chi connectivity index (χ0) is 23.5. The molecule has 0 aliphatic rings. The van der Waals surface area contributed by atoms with Crippen molar-refractivity contribution in [3.8, 4) is 10.6 Å². The van der Waals surface area contributed by atoms with Gasteiger partial charge in [-0.1, -0.05) is 11.6 Å². The SMILES string of the molecule is Cc1ncc(CNC(=O)c2cc(N/C(=N\N)C(F)F)c3ncc(-c4ccc(Cl)s4)n3c2)cn1. The lowest BCUT2D eigenvalue weighted by atomic mass is 10.2. The van der Waals surface area contributed by atoms with Gasteiger partial charge >= 0.3 is 0 Å². The van der Waals surface area contributed by atoms with E-state index in [1.54, 1.807) is 48.2 Å². The van der Waals surface area contributed by atoms with Crippen LogP contribution in [0.15, 0.2) is 48.1 Å². The molecular formula is C20H17ClF2N8OS. The van der Waals surface area contributed by atoms with Gasteiger partial charge in [0.05, 0.1) is 32.4 Å². The lowest BCUT2D eigenvalue weighted by molar-refractivity contribution is 0.0950. The molecule has 4 N–H and O–H groups in total. The molecule has 4 rings (SSSR count). The number of nitrogens with zero attached hydrogens (tertiary/aromatic N) is 5. The minimum absolute atomic E-state index is 0.139. The molecule has 0 spiro atoms. The van der Waals surface area contributed by atoms with Gasteiger partial charge in [-0.15, -0.1) is 11.3 Å². The monoisotopic (exact) mass is 490 g/mol. The molecular weight excluding hydrogens is 474 g/mol. The average molecular weight is 491 g/mol. The summed E-state index contributed by atoms with van der Waals surface area (Å²) in [5, 5.41) is 8.36. The Balaban J connectivity index is 1.73. The van der Waals surface area contributed by atoms with Gasteiger partial charge in [0.2, 0.25) is 0 Å². The number of amidine groups is 1. The van der Waals surface area contributed by atoms with E-state index in [2.05, 4.69) is 30.7 Å². The molecule has 1 amide bonds. The number of pyridine rings is 1. The number of fused-ring (bicyclic) bond motifs is 1. The van der Waals surface area contributed by atoms with Gasteiger partial charge in [0.1, 0.15) is 5.82 Å². The van der Waals surface area contributed by atoms with E-state index in [0.29, 0.717) is 27.1 Å². The van der Waals surface area contributed by atoms with E-state index in [0.717, 1.165) is 4.88 Å². The highest BCUT2D eigenvalue weighted by Gasteiger charge is 2.20. The number of thiophene rings is 1. The molecule has 4 aromatic rings. The van der Waals surface area contributed by atoms with Crippen molar-refractivity contribution >= 4 is 46.0 Å². The summed E-state index contributed by atoms with van der Waals surface area (Å²) in [5.41, 5.74) is 1.99. The second kappa shape index (κ2) is 9.46. The van der Waals surface area contributed by atoms with Gasteiger partial charge in [0.25, 0.3) is 12.3 Å². The maximum absolute atomic E-state index is 13.2. The Morgan fingerprint density at radius 2 is 2.03 bits per heavy atom. The molecule has 0 bridgehead atoms. The lowest BCUT2D eigenvalue weighted by Crippen LogP contribution is -2.25. The molecule has 170 valence electrons. The number of alkyl halides is 2. The van der Waals surface area contributed by atoms with Gasteiger partial charge in [-0.2, -0.15) is 5.10 Å². The number of hydrogen-bond donors (Lipinski definition) is 3. The van der Waals surface area contributed by atoms with Crippen LogP contribution < -0.4 is 16.5 Å². The molecule has 0 aliphatic heterocycles. The number of rotatable bonds is 6. The fraction of sp³-hybridized carbons (Fsp3) is 0.150. The normalized spacial score (nSPS) is 11.8. The van der Waals surface area contributed by atoms with Crippen LogP contribution in [0.4, 0.5) is 14.5 Å². The Bertz CT molecular complexity index is 1340. The molecule has 4 heterocycles. The van der Waals surface area contributed by atoms with Gasteiger partial charge in [-0.25, -0.2) is 23.7 Å². The van der Waals surface area contributed by atoms with Crippen molar-refractivity contribution in [3.63, 3.8) is 0 Å². The largest absolute Gasteiger partial charge is 0.348 e. The maximum atomic E-state index is 13.2. The fourth-order valence-corrected chi connectivity index (χ4v) is 4.06. The van der Waals surface area contributed by atoms with Crippen molar-refractivity contribution in [3.05, 3.63) is 64.3 Å². The zero-order valence-electron chi connectivity index (χ0n) is 17.1. The van der Waals surface area contributed by atoms with E-state index in [1.807, 2.05) is 0 Å². The highest BCUT2D eigenvalue weighted by Crippen LogP contribution is 2.33. The summed E-state index contributed by atoms with van der Waals surface area (Å²) >= 11 is 7.38. The van der Waals surface area contributed by atoms with Gasteiger partial charge in [-0.3, -0.25) is 9.20 Å². The Morgan fingerprint density at radius 3 is 2.67 bits per heavy atom. The third-order valence-corrected chi connectivity index (χ3v) is 5.84. The number of carbonyl (C=O) groups is 1. The molecule has 0 saturated heterocycles. The summed E-state index contributed by atoms with van der Waals surface area (Å²) < 4.78 is 28.7. The van der Waals surface area contributed by atoms with Crippen LogP contribution in [0.25, 0.3) is 16.2 Å². The molecule has 0 fully saturated rings. The van der Waals surface area contributed by atoms with Crippen LogP contribution in [0.5, 0.6) is 0 Å². The minimum atomic E-state index is -2.94. The molecule has 9 nitrogen and oxygen atoms in total. The Hall–Kier alpha value is -3.64. The second-order valence-electron chi connectivity index (χ2n) is 6.84. The first-order valence-electron chi connectivity index (χ1n) is 9.51. The van der Waals surface area contributed by atoms with Crippen LogP contribution >= 0.6 is 22.9 Å². The summed E-state index contributed by atoms with van der Waals surface area (Å²) in [6.45, 7) is 1.94. The molecule has 33 heavy (non-hydrogen) atoms. The van der Waals surface area contributed by atoms with Gasteiger partial charge in [0.15, 0.2) is 11.5 Å². The van der Waals surface area contributed by atoms with Crippen LogP contribution in [0.1, 0.15) is 21.7 Å². The van der Waals surface area contributed by atoms with Crippen LogP contribution in [-0.4, -0.2) is 37.5 Å². The Labute approximate surface area is 195 Å². The standard InChI is InChI=1S/C20H17ClF2N8OS/c1-10-25-5-11(6-26-10)7-28-20(32)12-4-13(29-18(30-24)17(22)23)19-27-8-14(31(19)9-12)15-2-3-16(21)33-15/h2-6,8-9,17H,7,24H2,1H3,(H,28,32)(H,29,30). The van der Waals surface area contributed by atoms with Crippen molar-refractivity contribution in [1.29, 1.82) is 0 Å². The third-order valence-electron chi connectivity index (χ3n) is 4.59. The summed E-state index contributed by atoms with van der Waals surface area (Å²) in [6, 6.07) is 4.94. The van der Waals surface area contributed by atoms with Crippen LogP contribution in [0.3, 0.4) is 0 Å². The van der Waals surface area contributed by atoms with Crippen LogP contribution in [0, 0.1) is 6.92 Å². The molecule has 0 unspecified atom stereocenters. The van der Waals surface area contributed by atoms with Crippen LogP contribution in [0.2, 0.25) is 4.34 Å². The molecule has 0 atom stereocenters. The number of nitrogens with one attached hydrogen (secondary N) is 2. The van der Waals surface area contributed by atoms with E-state index >= 15 is 0 Å². The number of hydrazone groups is 1. The van der Waals surface area contributed by atoms with Crippen molar-refractivity contribution in [2.75, 3.05) is 5.32 Å². The quantitative estimate of drug-likeness (QED) is 0.164. The molecule has 0 radical (unpaired) electrons. The first kappa shape index (κ1) is 22.6. The number of carbonyl (C=O) groups excluding carboxylic acids is 1. The van der Waals surface area contributed by atoms with Gasteiger partial charge < -0.3 is 16.5 Å². The van der Waals surface area contributed by atoms with Gasteiger partial charge in [-0.05, 0) is 25.1 Å². The first-order valence-corrected chi connectivity index (χ1v) is 10.7. The first-order chi connectivity index (χ1) is 15.9. The predicted molar refractivity (Wildman–Crippen MR) is 123 cm³/mol. The molecule has 0 saturated carbocycles. The predicted octanol–water partition coefficient (Wildman–Crippen LogP) is 3.69. The van der Waals surface area contributed by atoms with Gasteiger partial charge in [0, 0.05) is 30.7 Å². The number of halogens is 3. The van der Waals surface area contributed by atoms with E-state index in [4.69, 9.17) is 17.4 Å². The highest BCUT2D eigenvalue weighted by atomic mass is 35.5. The zero-order valence-corrected chi connectivity index (χ0v) is 18.7. The fourth-order valence-electron chi connectivity index (χ4n) is 3.01. The smallest absolute Gasteiger partial charge is 0.297 e. The van der Waals surface area contributed by atoms with E-state index in [1.165, 1.54) is 17.4 Å². The summed E-state index contributed by atoms with van der Waals surface area (Å²) in [7, 11) is 0. The molecule has 0 aromatic carbocycles. The number of nitrogens with two attached hydrogens (primary N) is 1. The third kappa shape index (κ3) is 4.91. The number of imidazole rings is 1. The van der Waals surface area contributed by atoms with Crippen molar-refractivity contribution < 1.29 is 13.6 Å². The number of anilines is 1. The number of amides is 1. The maximum Gasteiger partial charge on any atom is 0.297 e. The molecule has 4 aromatic heterocycles. The number of aryl methyl sites for hydroxylation is 1. The second-order valence-corrected chi connectivity index (χ2v) is 8.56. The average Bonchev–Trinajstić information content (AvgIpc) is 3.42. The van der Waals surface area contributed by atoms with E-state index in [-0.39, 0.29) is 17.8 Å². The van der Waals surface area contributed by atoms with E-state index in [9.17, 15) is 13.6 Å². The summed E-state index contributed by atoms with van der Waals surface area (Å²) in [4.78, 5) is 26.2. The summed E-state index contributed by atoms with van der Waals surface area (Å²) in [5.74, 6) is 4.52. The Kier molecular flexibility index (Phi) is 6.47.